The standard InChI is InChI=1S/C18H12N2O4/c19-10-13-3-1-2-4-15(13)20-17(21)11-23-14-7-5-12-6-8-18(22)24-16(12)9-14/h1-9H,11H2,(H,20,21). The van der Waals surface area contributed by atoms with Crippen molar-refractivity contribution in [3.05, 3.63) is 70.6 Å². The van der Waals surface area contributed by atoms with Gasteiger partial charge in [-0.15, -0.1) is 0 Å². The number of carbonyl (C=O) groups is 1. The largest absolute Gasteiger partial charge is 0.484 e. The lowest BCUT2D eigenvalue weighted by Crippen LogP contribution is -2.20. The molecule has 0 saturated heterocycles. The van der Waals surface area contributed by atoms with Crippen LogP contribution in [0.3, 0.4) is 0 Å². The first-order chi connectivity index (χ1) is 11.7. The van der Waals surface area contributed by atoms with E-state index in [0.29, 0.717) is 22.6 Å². The number of nitrogens with zero attached hydrogens (tertiary/aromatic N) is 1. The van der Waals surface area contributed by atoms with Gasteiger partial charge in [-0.2, -0.15) is 5.26 Å². The number of carbonyl (C=O) groups excluding carboxylic acids is 1. The maximum absolute atomic E-state index is 12.0. The molecule has 0 aliphatic carbocycles. The third kappa shape index (κ3) is 3.42. The van der Waals surface area contributed by atoms with Gasteiger partial charge in [-0.25, -0.2) is 4.79 Å². The maximum Gasteiger partial charge on any atom is 0.336 e. The maximum atomic E-state index is 12.0. The van der Waals surface area contributed by atoms with Crippen molar-refractivity contribution in [1.29, 1.82) is 5.26 Å². The van der Waals surface area contributed by atoms with E-state index in [9.17, 15) is 9.59 Å². The van der Waals surface area contributed by atoms with Crippen LogP contribution in [-0.4, -0.2) is 12.5 Å². The van der Waals surface area contributed by atoms with Crippen molar-refractivity contribution >= 4 is 22.6 Å². The monoisotopic (exact) mass is 320 g/mol. The van der Waals surface area contributed by atoms with Gasteiger partial charge in [-0.3, -0.25) is 4.79 Å². The van der Waals surface area contributed by atoms with Crippen LogP contribution in [0.4, 0.5) is 5.69 Å². The predicted octanol–water partition coefficient (Wildman–Crippen LogP) is 2.68. The summed E-state index contributed by atoms with van der Waals surface area (Å²) >= 11 is 0. The van der Waals surface area contributed by atoms with E-state index in [1.165, 1.54) is 6.07 Å². The second-order valence-electron chi connectivity index (χ2n) is 4.95. The Hall–Kier alpha value is -3.59. The summed E-state index contributed by atoms with van der Waals surface area (Å²) in [7, 11) is 0. The highest BCUT2D eigenvalue weighted by Gasteiger charge is 2.08. The third-order valence-electron chi connectivity index (χ3n) is 3.29. The third-order valence-corrected chi connectivity index (χ3v) is 3.29. The van der Waals surface area contributed by atoms with Crippen LogP contribution in [0.2, 0.25) is 0 Å². The van der Waals surface area contributed by atoms with Crippen LogP contribution >= 0.6 is 0 Å². The Morgan fingerprint density at radius 1 is 1.17 bits per heavy atom. The highest BCUT2D eigenvalue weighted by atomic mass is 16.5. The molecule has 1 aromatic heterocycles. The van der Waals surface area contributed by atoms with E-state index in [0.717, 1.165) is 5.39 Å². The Morgan fingerprint density at radius 2 is 1.96 bits per heavy atom. The van der Waals surface area contributed by atoms with Crippen LogP contribution in [0.15, 0.2) is 63.8 Å². The number of anilines is 1. The SMILES string of the molecule is N#Cc1ccccc1NC(=O)COc1ccc2ccc(=O)oc2c1. The van der Waals surface area contributed by atoms with Gasteiger partial charge >= 0.3 is 5.63 Å². The molecule has 0 unspecified atom stereocenters. The molecule has 0 aliphatic heterocycles. The molecule has 0 fully saturated rings. The second-order valence-corrected chi connectivity index (χ2v) is 4.95. The molecule has 3 aromatic rings. The van der Waals surface area contributed by atoms with E-state index in [-0.39, 0.29) is 6.61 Å². The van der Waals surface area contributed by atoms with E-state index < -0.39 is 11.5 Å². The van der Waals surface area contributed by atoms with Crippen molar-refractivity contribution in [2.24, 2.45) is 0 Å². The molecule has 1 N–H and O–H groups in total. The molecule has 0 bridgehead atoms. The predicted molar refractivity (Wildman–Crippen MR) is 87.8 cm³/mol. The van der Waals surface area contributed by atoms with Gasteiger partial charge in [0, 0.05) is 17.5 Å². The summed E-state index contributed by atoms with van der Waals surface area (Å²) in [6.07, 6.45) is 0. The fourth-order valence-electron chi connectivity index (χ4n) is 2.16. The first-order valence-electron chi connectivity index (χ1n) is 7.11. The number of ether oxygens (including phenoxy) is 1. The van der Waals surface area contributed by atoms with Gasteiger partial charge in [0.2, 0.25) is 0 Å². The number of hydrogen-bond donors (Lipinski definition) is 1. The average Bonchev–Trinajstić information content (AvgIpc) is 2.60. The van der Waals surface area contributed by atoms with Gasteiger partial charge in [0.1, 0.15) is 17.4 Å². The summed E-state index contributed by atoms with van der Waals surface area (Å²) in [5.41, 5.74) is 0.733. The molecule has 6 heteroatoms. The second kappa shape index (κ2) is 6.67. The number of benzene rings is 2. The van der Waals surface area contributed by atoms with E-state index in [1.807, 2.05) is 6.07 Å². The summed E-state index contributed by atoms with van der Waals surface area (Å²) in [6, 6.07) is 16.6. The zero-order valence-corrected chi connectivity index (χ0v) is 12.5. The van der Waals surface area contributed by atoms with Crippen LogP contribution in [0.1, 0.15) is 5.56 Å². The van der Waals surface area contributed by atoms with Gasteiger partial charge in [0.15, 0.2) is 6.61 Å². The fourth-order valence-corrected chi connectivity index (χ4v) is 2.16. The van der Waals surface area contributed by atoms with Crippen LogP contribution in [0.25, 0.3) is 11.0 Å². The Bertz CT molecular complexity index is 1000. The zero-order chi connectivity index (χ0) is 16.9. The van der Waals surface area contributed by atoms with Gasteiger partial charge in [0.25, 0.3) is 5.91 Å². The molecule has 24 heavy (non-hydrogen) atoms. The molecule has 1 heterocycles. The lowest BCUT2D eigenvalue weighted by Gasteiger charge is -2.09. The molecule has 1 amide bonds. The van der Waals surface area contributed by atoms with E-state index in [2.05, 4.69) is 5.32 Å². The van der Waals surface area contributed by atoms with E-state index in [4.69, 9.17) is 14.4 Å². The van der Waals surface area contributed by atoms with Crippen molar-refractivity contribution < 1.29 is 13.9 Å². The molecule has 0 aliphatic rings. The van der Waals surface area contributed by atoms with Gasteiger partial charge in [0.05, 0.1) is 11.3 Å². The first kappa shape index (κ1) is 15.3. The summed E-state index contributed by atoms with van der Waals surface area (Å²) in [6.45, 7) is -0.234. The first-order valence-corrected chi connectivity index (χ1v) is 7.11. The lowest BCUT2D eigenvalue weighted by molar-refractivity contribution is -0.118. The van der Waals surface area contributed by atoms with Crippen molar-refractivity contribution in [1.82, 2.24) is 0 Å². The van der Waals surface area contributed by atoms with E-state index in [1.54, 1.807) is 48.5 Å². The summed E-state index contributed by atoms with van der Waals surface area (Å²) in [4.78, 5) is 23.2. The molecule has 0 radical (unpaired) electrons. The minimum absolute atomic E-state index is 0.234. The Labute approximate surface area is 136 Å². The minimum atomic E-state index is -0.453. The van der Waals surface area contributed by atoms with Gasteiger partial charge in [-0.05, 0) is 30.3 Å². The fraction of sp³-hybridized carbons (Fsp3) is 0.0556. The highest BCUT2D eigenvalue weighted by molar-refractivity contribution is 5.93. The topological polar surface area (TPSA) is 92.3 Å². The average molecular weight is 320 g/mol. The molecule has 0 spiro atoms. The molecule has 0 atom stereocenters. The number of rotatable bonds is 4. The molecular weight excluding hydrogens is 308 g/mol. The quantitative estimate of drug-likeness (QED) is 0.746. The summed E-state index contributed by atoms with van der Waals surface area (Å²) in [5, 5.41) is 12.4. The molecule has 118 valence electrons. The number of nitriles is 1. The summed E-state index contributed by atoms with van der Waals surface area (Å²) in [5.74, 6) is 0.00730. The van der Waals surface area contributed by atoms with Crippen molar-refractivity contribution in [2.75, 3.05) is 11.9 Å². The number of amides is 1. The molecule has 0 saturated carbocycles. The number of nitrogens with one attached hydrogen (secondary N) is 1. The number of para-hydroxylation sites is 1. The van der Waals surface area contributed by atoms with Crippen LogP contribution in [0, 0.1) is 11.3 Å². The molecule has 2 aromatic carbocycles. The molecule has 3 rings (SSSR count). The normalized spacial score (nSPS) is 10.1. The van der Waals surface area contributed by atoms with E-state index >= 15 is 0 Å². The smallest absolute Gasteiger partial charge is 0.336 e. The lowest BCUT2D eigenvalue weighted by atomic mass is 10.2. The zero-order valence-electron chi connectivity index (χ0n) is 12.5. The number of fused-ring (bicyclic) bond motifs is 1. The van der Waals surface area contributed by atoms with Gasteiger partial charge in [-0.1, -0.05) is 12.1 Å². The van der Waals surface area contributed by atoms with Crippen LogP contribution in [0.5, 0.6) is 5.75 Å². The summed E-state index contributed by atoms with van der Waals surface area (Å²) < 4.78 is 10.5. The number of hydrogen-bond acceptors (Lipinski definition) is 5. The molecular formula is C18H12N2O4. The van der Waals surface area contributed by atoms with Crippen molar-refractivity contribution in [3.63, 3.8) is 0 Å². The molecule has 6 nitrogen and oxygen atoms in total. The minimum Gasteiger partial charge on any atom is -0.484 e. The van der Waals surface area contributed by atoms with Crippen molar-refractivity contribution in [2.45, 2.75) is 0 Å². The van der Waals surface area contributed by atoms with Crippen LogP contribution in [-0.2, 0) is 4.79 Å². The highest BCUT2D eigenvalue weighted by Crippen LogP contribution is 2.19. The van der Waals surface area contributed by atoms with Crippen LogP contribution < -0.4 is 15.7 Å². The Balaban J connectivity index is 1.68. The van der Waals surface area contributed by atoms with Gasteiger partial charge < -0.3 is 14.5 Å². The van der Waals surface area contributed by atoms with Crippen molar-refractivity contribution in [3.8, 4) is 11.8 Å². The Morgan fingerprint density at radius 3 is 2.79 bits per heavy atom. The Kier molecular flexibility index (Phi) is 4.25.